The molecule has 0 saturated carbocycles. The minimum Gasteiger partial charge on any atom is -0.478 e. The highest BCUT2D eigenvalue weighted by Crippen LogP contribution is 2.31. The van der Waals surface area contributed by atoms with Crippen LogP contribution in [0.4, 0.5) is 10.6 Å². The fourth-order valence-corrected chi connectivity index (χ4v) is 4.38. The van der Waals surface area contributed by atoms with E-state index in [-0.39, 0.29) is 12.1 Å². The van der Waals surface area contributed by atoms with Crippen molar-refractivity contribution in [2.24, 2.45) is 0 Å². The molecule has 1 aliphatic heterocycles. The number of piperazine rings is 1. The summed E-state index contributed by atoms with van der Waals surface area (Å²) in [7, 11) is 0. The van der Waals surface area contributed by atoms with Crippen LogP contribution in [0.2, 0.25) is 0 Å². The Bertz CT molecular complexity index is 1220. The van der Waals surface area contributed by atoms with Crippen molar-refractivity contribution in [3.8, 4) is 11.1 Å². The normalized spacial score (nSPS) is 15.3. The number of carbonyl (C=O) groups is 2. The molecule has 3 aromatic rings. The molecule has 1 aliphatic rings. The summed E-state index contributed by atoms with van der Waals surface area (Å²) in [6, 6.07) is 9.85. The second kappa shape index (κ2) is 9.60. The van der Waals surface area contributed by atoms with E-state index >= 15 is 0 Å². The number of aromatic carboxylic acids is 1. The van der Waals surface area contributed by atoms with Crippen LogP contribution >= 0.6 is 0 Å². The van der Waals surface area contributed by atoms with Crippen molar-refractivity contribution in [1.82, 2.24) is 14.5 Å². The van der Waals surface area contributed by atoms with E-state index in [0.717, 1.165) is 34.3 Å². The molecule has 4 rings (SSSR count). The SMILES string of the molecule is CCC(C)n1ccc2c(C(=O)O)cc(-c3ccc(N4CCN(C(=O)OC(C)(C)C)CC4)nc3)cc21. The maximum atomic E-state index is 12.3. The lowest BCUT2D eigenvalue weighted by molar-refractivity contribution is 0.0240. The van der Waals surface area contributed by atoms with Gasteiger partial charge < -0.3 is 24.2 Å². The van der Waals surface area contributed by atoms with Crippen molar-refractivity contribution in [2.75, 3.05) is 31.1 Å². The van der Waals surface area contributed by atoms with Crippen molar-refractivity contribution in [3.05, 3.63) is 48.3 Å². The third kappa shape index (κ3) is 5.26. The van der Waals surface area contributed by atoms with Gasteiger partial charge in [-0.15, -0.1) is 0 Å². The second-order valence-corrected chi connectivity index (χ2v) is 10.1. The monoisotopic (exact) mass is 478 g/mol. The Morgan fingerprint density at radius 2 is 1.80 bits per heavy atom. The molecular weight excluding hydrogens is 444 g/mol. The highest BCUT2D eigenvalue weighted by atomic mass is 16.6. The van der Waals surface area contributed by atoms with Crippen molar-refractivity contribution in [3.63, 3.8) is 0 Å². The molecular formula is C27H34N4O4. The first kappa shape index (κ1) is 24.6. The van der Waals surface area contributed by atoms with Crippen LogP contribution in [0.3, 0.4) is 0 Å². The maximum Gasteiger partial charge on any atom is 0.410 e. The third-order valence-corrected chi connectivity index (χ3v) is 6.47. The number of hydrogen-bond donors (Lipinski definition) is 1. The molecule has 1 N–H and O–H groups in total. The predicted molar refractivity (Wildman–Crippen MR) is 137 cm³/mol. The zero-order valence-electron chi connectivity index (χ0n) is 21.1. The molecule has 1 fully saturated rings. The molecule has 3 heterocycles. The fraction of sp³-hybridized carbons (Fsp3) is 0.444. The number of hydrogen-bond acceptors (Lipinski definition) is 5. The zero-order chi connectivity index (χ0) is 25.3. The Hall–Kier alpha value is -3.55. The third-order valence-electron chi connectivity index (χ3n) is 6.47. The minimum atomic E-state index is -0.939. The van der Waals surface area contributed by atoms with E-state index in [0.29, 0.717) is 31.7 Å². The fourth-order valence-electron chi connectivity index (χ4n) is 4.38. The van der Waals surface area contributed by atoms with Crippen LogP contribution in [-0.4, -0.2) is 63.4 Å². The van der Waals surface area contributed by atoms with Crippen molar-refractivity contribution in [1.29, 1.82) is 0 Å². The molecule has 0 radical (unpaired) electrons. The van der Waals surface area contributed by atoms with Gasteiger partial charge in [-0.05, 0) is 70.0 Å². The highest BCUT2D eigenvalue weighted by molar-refractivity contribution is 6.05. The number of carbonyl (C=O) groups excluding carboxylic acids is 1. The molecule has 1 atom stereocenters. The molecule has 1 amide bonds. The first-order valence-corrected chi connectivity index (χ1v) is 12.1. The number of nitrogens with zero attached hydrogens (tertiary/aromatic N) is 4. The Balaban J connectivity index is 1.54. The van der Waals surface area contributed by atoms with Gasteiger partial charge >= 0.3 is 12.1 Å². The van der Waals surface area contributed by atoms with Crippen LogP contribution < -0.4 is 4.90 Å². The van der Waals surface area contributed by atoms with Crippen LogP contribution in [0.1, 0.15) is 57.4 Å². The number of amides is 1. The van der Waals surface area contributed by atoms with Gasteiger partial charge in [-0.25, -0.2) is 14.6 Å². The van der Waals surface area contributed by atoms with Gasteiger partial charge in [-0.1, -0.05) is 6.92 Å². The Morgan fingerprint density at radius 1 is 1.09 bits per heavy atom. The summed E-state index contributed by atoms with van der Waals surface area (Å²) in [5, 5.41) is 10.6. The van der Waals surface area contributed by atoms with Crippen molar-refractivity contribution < 1.29 is 19.4 Å². The smallest absolute Gasteiger partial charge is 0.410 e. The summed E-state index contributed by atoms with van der Waals surface area (Å²) in [6.45, 7) is 12.3. The van der Waals surface area contributed by atoms with E-state index in [2.05, 4.69) is 28.3 Å². The van der Waals surface area contributed by atoms with E-state index < -0.39 is 11.6 Å². The molecule has 1 saturated heterocycles. The zero-order valence-corrected chi connectivity index (χ0v) is 21.1. The van der Waals surface area contributed by atoms with Crippen molar-refractivity contribution in [2.45, 2.75) is 52.7 Å². The topological polar surface area (TPSA) is 87.9 Å². The lowest BCUT2D eigenvalue weighted by atomic mass is 10.0. The lowest BCUT2D eigenvalue weighted by Gasteiger charge is -2.36. The average Bonchev–Trinajstić information content (AvgIpc) is 3.26. The number of pyridine rings is 1. The first-order valence-electron chi connectivity index (χ1n) is 12.1. The van der Waals surface area contributed by atoms with Crippen LogP contribution in [0.5, 0.6) is 0 Å². The number of benzene rings is 1. The number of carboxylic acid groups (broad SMARTS) is 1. The Kier molecular flexibility index (Phi) is 6.74. The summed E-state index contributed by atoms with van der Waals surface area (Å²) in [4.78, 5) is 32.8. The molecule has 2 aromatic heterocycles. The molecule has 0 bridgehead atoms. The number of ether oxygens (including phenoxy) is 1. The average molecular weight is 479 g/mol. The lowest BCUT2D eigenvalue weighted by Crippen LogP contribution is -2.50. The summed E-state index contributed by atoms with van der Waals surface area (Å²) in [5.74, 6) is -0.105. The van der Waals surface area contributed by atoms with Crippen LogP contribution in [-0.2, 0) is 4.74 Å². The van der Waals surface area contributed by atoms with Gasteiger partial charge in [-0.3, -0.25) is 0 Å². The molecule has 8 nitrogen and oxygen atoms in total. The molecule has 0 spiro atoms. The van der Waals surface area contributed by atoms with Crippen LogP contribution in [0, 0.1) is 0 Å². The molecule has 8 heteroatoms. The molecule has 1 unspecified atom stereocenters. The number of anilines is 1. The highest BCUT2D eigenvalue weighted by Gasteiger charge is 2.26. The number of fused-ring (bicyclic) bond motifs is 1. The predicted octanol–water partition coefficient (Wildman–Crippen LogP) is 5.43. The Morgan fingerprint density at radius 3 is 2.37 bits per heavy atom. The molecule has 186 valence electrons. The largest absolute Gasteiger partial charge is 0.478 e. The number of aromatic nitrogens is 2. The molecule has 0 aliphatic carbocycles. The summed E-state index contributed by atoms with van der Waals surface area (Å²) in [5.41, 5.74) is 2.39. The van der Waals surface area contributed by atoms with E-state index in [1.54, 1.807) is 17.2 Å². The molecule has 1 aromatic carbocycles. The van der Waals surface area contributed by atoms with E-state index in [4.69, 9.17) is 4.74 Å². The number of carboxylic acids is 1. The van der Waals surface area contributed by atoms with E-state index in [9.17, 15) is 14.7 Å². The summed E-state index contributed by atoms with van der Waals surface area (Å²) in [6.07, 6.45) is 4.42. The van der Waals surface area contributed by atoms with Crippen LogP contribution in [0.15, 0.2) is 42.7 Å². The van der Waals surface area contributed by atoms with Gasteiger partial charge in [0.2, 0.25) is 0 Å². The Labute approximate surface area is 206 Å². The van der Waals surface area contributed by atoms with Gasteiger partial charge in [0.25, 0.3) is 0 Å². The maximum absolute atomic E-state index is 12.3. The van der Waals surface area contributed by atoms with Crippen LogP contribution in [0.25, 0.3) is 22.0 Å². The summed E-state index contributed by atoms with van der Waals surface area (Å²) < 4.78 is 7.61. The van der Waals surface area contributed by atoms with Gasteiger partial charge in [0.15, 0.2) is 0 Å². The summed E-state index contributed by atoms with van der Waals surface area (Å²) >= 11 is 0. The second-order valence-electron chi connectivity index (χ2n) is 10.1. The quantitative estimate of drug-likeness (QED) is 0.526. The standard InChI is InChI=1S/C27H34N4O4/c1-6-18(2)31-10-9-21-22(25(32)33)15-20(16-23(21)31)19-7-8-24(28-17-19)29-11-13-30(14-12-29)26(34)35-27(3,4)5/h7-10,15-18H,6,11-14H2,1-5H3,(H,32,33). The van der Waals surface area contributed by atoms with Gasteiger partial charge in [0, 0.05) is 61.1 Å². The van der Waals surface area contributed by atoms with Gasteiger partial charge in [-0.2, -0.15) is 0 Å². The van der Waals surface area contributed by atoms with Crippen molar-refractivity contribution >= 4 is 28.8 Å². The number of rotatable bonds is 5. The first-order chi connectivity index (χ1) is 16.6. The molecule has 35 heavy (non-hydrogen) atoms. The van der Waals surface area contributed by atoms with Gasteiger partial charge in [0.1, 0.15) is 11.4 Å². The van der Waals surface area contributed by atoms with E-state index in [1.807, 2.05) is 51.2 Å². The van der Waals surface area contributed by atoms with Gasteiger partial charge in [0.05, 0.1) is 5.56 Å². The minimum absolute atomic E-state index is 0.268. The van der Waals surface area contributed by atoms with E-state index in [1.165, 1.54) is 0 Å².